The zero-order valence-electron chi connectivity index (χ0n) is 21.0. The monoisotopic (exact) mass is 555 g/mol. The maximum absolute atomic E-state index is 13.7. The first kappa shape index (κ1) is 28.0. The number of hydrogen-bond donors (Lipinski definition) is 5. The van der Waals surface area contributed by atoms with Crippen LogP contribution in [0.5, 0.6) is 5.88 Å². The Morgan fingerprint density at radius 2 is 2.03 bits per heavy atom. The lowest BCUT2D eigenvalue weighted by atomic mass is 10.1. The first-order chi connectivity index (χ1) is 18.8. The molecule has 0 amide bonds. The van der Waals surface area contributed by atoms with Crippen molar-refractivity contribution in [2.75, 3.05) is 36.9 Å². The number of ether oxygens (including phenoxy) is 1. The third-order valence-corrected chi connectivity index (χ3v) is 5.72. The van der Waals surface area contributed by atoms with E-state index in [0.717, 1.165) is 10.9 Å². The predicted molar refractivity (Wildman–Crippen MR) is 144 cm³/mol. The van der Waals surface area contributed by atoms with Crippen LogP contribution in [0.3, 0.4) is 0 Å². The number of halogens is 1. The van der Waals surface area contributed by atoms with Gasteiger partial charge in [-0.05, 0) is 30.3 Å². The van der Waals surface area contributed by atoms with Crippen LogP contribution in [0.25, 0.3) is 10.9 Å². The van der Waals surface area contributed by atoms with E-state index in [-0.39, 0.29) is 19.0 Å². The van der Waals surface area contributed by atoms with Crippen LogP contribution in [0.2, 0.25) is 0 Å². The van der Waals surface area contributed by atoms with Crippen molar-refractivity contribution in [1.29, 1.82) is 0 Å². The molecule has 2 heterocycles. The molecule has 204 valence electrons. The molecule has 0 radical (unpaired) electrons. The van der Waals surface area contributed by atoms with Crippen LogP contribution in [0.4, 0.5) is 21.7 Å². The van der Waals surface area contributed by atoms with Gasteiger partial charge in [0, 0.05) is 43.1 Å². The number of H-pyrrole nitrogens is 1. The van der Waals surface area contributed by atoms with Crippen molar-refractivity contribution in [3.8, 4) is 17.7 Å². The molecule has 0 saturated heterocycles. The molecule has 2 aromatic heterocycles. The minimum atomic E-state index is -4.59. The van der Waals surface area contributed by atoms with Crippen LogP contribution in [-0.4, -0.2) is 61.3 Å². The number of rotatable bonds is 12. The summed E-state index contributed by atoms with van der Waals surface area (Å²) < 4.78 is 34.8. The highest BCUT2D eigenvalue weighted by Crippen LogP contribution is 2.37. The number of para-hydroxylation sites is 1. The zero-order valence-corrected chi connectivity index (χ0v) is 21.9. The van der Waals surface area contributed by atoms with Gasteiger partial charge in [-0.1, -0.05) is 30.9 Å². The molecule has 39 heavy (non-hydrogen) atoms. The third kappa shape index (κ3) is 8.47. The summed E-state index contributed by atoms with van der Waals surface area (Å²) in [6, 6.07) is 13.6. The molecule has 12 nitrogen and oxygen atoms in total. The van der Waals surface area contributed by atoms with Gasteiger partial charge in [0.25, 0.3) is 0 Å². The minimum Gasteiger partial charge on any atom is -0.475 e. The van der Waals surface area contributed by atoms with E-state index in [2.05, 4.69) is 47.3 Å². The summed E-state index contributed by atoms with van der Waals surface area (Å²) in [4.78, 5) is 26.5. The molecular weight excluding hydrogens is 528 g/mol. The number of hydroxylamine groups is 2. The molecule has 5 N–H and O–H groups in total. The smallest absolute Gasteiger partial charge is 0.475 e. The highest BCUT2D eigenvalue weighted by molar-refractivity contribution is 7.46. The van der Waals surface area contributed by atoms with E-state index in [1.165, 1.54) is 17.5 Å². The lowest BCUT2D eigenvalue weighted by Gasteiger charge is -2.18. The fourth-order valence-electron chi connectivity index (χ4n) is 3.50. The number of aromatic nitrogens is 4. The van der Waals surface area contributed by atoms with Gasteiger partial charge < -0.3 is 25.2 Å². The third-order valence-electron chi connectivity index (χ3n) is 5.28. The summed E-state index contributed by atoms with van der Waals surface area (Å²) in [5, 5.41) is 15.0. The molecule has 4 rings (SSSR count). The SMILES string of the molecule is CCN(CCC#Cc1ccc2c(Nc3cc(OCCNc4ccccc4F)n[nH]3)ncnc2c1)OP(=O)(O)O. The maximum Gasteiger partial charge on any atom is 0.486 e. The zero-order chi connectivity index (χ0) is 27.7. The lowest BCUT2D eigenvalue weighted by Crippen LogP contribution is -2.23. The molecule has 2 aromatic carbocycles. The second-order valence-corrected chi connectivity index (χ2v) is 9.24. The summed E-state index contributed by atoms with van der Waals surface area (Å²) in [5.41, 5.74) is 1.81. The normalized spacial score (nSPS) is 11.3. The topological polar surface area (TPSA) is 158 Å². The van der Waals surface area contributed by atoms with Gasteiger partial charge in [-0.15, -0.1) is 5.10 Å². The second-order valence-electron chi connectivity index (χ2n) is 8.10. The van der Waals surface area contributed by atoms with Crippen LogP contribution in [-0.2, 0) is 9.19 Å². The van der Waals surface area contributed by atoms with Gasteiger partial charge in [-0.25, -0.2) is 18.9 Å². The molecule has 0 unspecified atom stereocenters. The van der Waals surface area contributed by atoms with Crippen molar-refractivity contribution in [2.45, 2.75) is 13.3 Å². The molecule has 0 aliphatic carbocycles. The van der Waals surface area contributed by atoms with Crippen LogP contribution in [0.1, 0.15) is 18.9 Å². The van der Waals surface area contributed by atoms with Gasteiger partial charge in [0.15, 0.2) is 0 Å². The number of benzene rings is 2. The largest absolute Gasteiger partial charge is 0.486 e. The molecule has 4 aromatic rings. The number of hydrogen-bond acceptors (Lipinski definition) is 9. The highest BCUT2D eigenvalue weighted by atomic mass is 31.2. The van der Waals surface area contributed by atoms with Crippen molar-refractivity contribution >= 4 is 36.0 Å². The quantitative estimate of drug-likeness (QED) is 0.0749. The van der Waals surface area contributed by atoms with Gasteiger partial charge in [0.2, 0.25) is 5.88 Å². The average Bonchev–Trinajstić information content (AvgIpc) is 3.35. The fourth-order valence-corrected chi connectivity index (χ4v) is 4.00. The van der Waals surface area contributed by atoms with Gasteiger partial charge in [0.05, 0.1) is 11.2 Å². The number of nitrogens with one attached hydrogen (secondary N) is 3. The van der Waals surface area contributed by atoms with Gasteiger partial charge in [-0.2, -0.15) is 9.69 Å². The minimum absolute atomic E-state index is 0.246. The number of nitrogens with zero attached hydrogens (tertiary/aromatic N) is 4. The molecule has 0 atom stereocenters. The predicted octanol–water partition coefficient (Wildman–Crippen LogP) is 3.81. The molecule has 0 aliphatic heterocycles. The molecule has 0 fully saturated rings. The van der Waals surface area contributed by atoms with Crippen LogP contribution >= 0.6 is 7.82 Å². The molecule has 14 heteroatoms. The lowest BCUT2D eigenvalue weighted by molar-refractivity contribution is -0.0750. The maximum atomic E-state index is 13.7. The van der Waals surface area contributed by atoms with E-state index < -0.39 is 7.82 Å². The van der Waals surface area contributed by atoms with Crippen LogP contribution < -0.4 is 15.4 Å². The Balaban J connectivity index is 1.32. The number of phosphoric acid groups is 1. The molecule has 0 bridgehead atoms. The van der Waals surface area contributed by atoms with Crippen LogP contribution in [0, 0.1) is 17.7 Å². The van der Waals surface area contributed by atoms with E-state index in [9.17, 15) is 8.96 Å². The van der Waals surface area contributed by atoms with Crippen molar-refractivity contribution in [1.82, 2.24) is 25.2 Å². The number of aromatic amines is 1. The molecule has 0 spiro atoms. The molecule has 0 saturated carbocycles. The van der Waals surface area contributed by atoms with Crippen molar-refractivity contribution < 1.29 is 28.1 Å². The standard InChI is InChI=1S/C25H27FN7O5P/c1-2-33(38-39(34,35)36)13-6-5-7-18-10-11-19-22(15-18)28-17-29-25(19)30-23-16-24(32-31-23)37-14-12-27-21-9-4-3-8-20(21)26/h3-4,8-11,15-17,27H,2,6,12-14H2,1H3,(H2,34,35,36)(H2,28,29,30,31,32). The van der Waals surface area contributed by atoms with Gasteiger partial charge >= 0.3 is 7.82 Å². The Morgan fingerprint density at radius 1 is 1.18 bits per heavy atom. The first-order valence-electron chi connectivity index (χ1n) is 12.0. The van der Waals surface area contributed by atoms with Crippen LogP contribution in [0.15, 0.2) is 54.9 Å². The molecule has 0 aliphatic rings. The number of fused-ring (bicyclic) bond motifs is 1. The second kappa shape index (κ2) is 13.1. The van der Waals surface area contributed by atoms with Crippen molar-refractivity contribution in [2.24, 2.45) is 0 Å². The first-order valence-corrected chi connectivity index (χ1v) is 13.5. The van der Waals surface area contributed by atoms with E-state index in [1.54, 1.807) is 31.2 Å². The van der Waals surface area contributed by atoms with Gasteiger partial charge in [-0.3, -0.25) is 5.10 Å². The summed E-state index contributed by atoms with van der Waals surface area (Å²) in [5.74, 6) is 7.17. The van der Waals surface area contributed by atoms with E-state index in [4.69, 9.17) is 14.5 Å². The Bertz CT molecular complexity index is 1520. The van der Waals surface area contributed by atoms with E-state index in [1.807, 2.05) is 18.2 Å². The Labute approximate surface area is 223 Å². The summed E-state index contributed by atoms with van der Waals surface area (Å²) >= 11 is 0. The summed E-state index contributed by atoms with van der Waals surface area (Å²) in [6.07, 6.45) is 1.79. The Morgan fingerprint density at radius 3 is 2.82 bits per heavy atom. The summed E-state index contributed by atoms with van der Waals surface area (Å²) in [6.45, 7) is 2.97. The Kier molecular flexibility index (Phi) is 9.43. The number of anilines is 3. The fraction of sp³-hybridized carbons (Fsp3) is 0.240. The highest BCUT2D eigenvalue weighted by Gasteiger charge is 2.18. The van der Waals surface area contributed by atoms with Gasteiger partial charge in [0.1, 0.15) is 30.4 Å². The molecular formula is C25H27FN7O5P. The van der Waals surface area contributed by atoms with Crippen molar-refractivity contribution in [3.05, 3.63) is 66.2 Å². The Hall–Kier alpha value is -4.05. The van der Waals surface area contributed by atoms with E-state index in [0.29, 0.717) is 48.2 Å². The van der Waals surface area contributed by atoms with E-state index >= 15 is 0 Å². The average molecular weight is 556 g/mol. The summed E-state index contributed by atoms with van der Waals surface area (Å²) in [7, 11) is -4.59. The van der Waals surface area contributed by atoms with Crippen molar-refractivity contribution in [3.63, 3.8) is 0 Å².